The molecule has 284 valence electrons. The SMILES string of the molecule is C=CCOC(=O)C(O)(C(=O)OC(C)[Si](C)(C)C)N1C(=O)[C@H](C(C)OC(=O)OCC(Cl)(Cl)Cl)[C@H]1SC(c1ccccc1)(c1ccccc1)c1ccccc1. The van der Waals surface area contributed by atoms with E-state index in [0.717, 1.165) is 33.4 Å². The van der Waals surface area contributed by atoms with Crippen molar-refractivity contribution >= 4 is 78.6 Å². The van der Waals surface area contributed by atoms with Crippen LogP contribution in [0.15, 0.2) is 104 Å². The van der Waals surface area contributed by atoms with Gasteiger partial charge in [-0.15, -0.1) is 11.8 Å². The molecule has 1 aliphatic rings. The van der Waals surface area contributed by atoms with Crippen LogP contribution in [0, 0.1) is 5.92 Å². The van der Waals surface area contributed by atoms with E-state index in [9.17, 15) is 24.3 Å². The van der Waals surface area contributed by atoms with Gasteiger partial charge in [0.25, 0.3) is 0 Å². The molecule has 1 aliphatic heterocycles. The second-order valence-electron chi connectivity index (χ2n) is 13.5. The highest BCUT2D eigenvalue weighted by Gasteiger charge is 2.68. The number of rotatable bonds is 15. The maximum absolute atomic E-state index is 14.4. The molecule has 53 heavy (non-hydrogen) atoms. The molecule has 4 rings (SSSR count). The minimum Gasteiger partial charge on any atom is -0.463 e. The van der Waals surface area contributed by atoms with Crippen LogP contribution in [0.1, 0.15) is 30.5 Å². The first-order valence-corrected chi connectivity index (χ1v) is 22.3. The van der Waals surface area contributed by atoms with E-state index < -0.39 is 76.1 Å². The van der Waals surface area contributed by atoms with Crippen LogP contribution in [0.4, 0.5) is 4.79 Å². The third-order valence-electron chi connectivity index (χ3n) is 8.82. The molecule has 1 N–H and O–H groups in total. The molecule has 1 heterocycles. The molecular weight excluding hydrogens is 781 g/mol. The van der Waals surface area contributed by atoms with Crippen LogP contribution in [0.2, 0.25) is 19.6 Å². The molecule has 0 aliphatic carbocycles. The van der Waals surface area contributed by atoms with Crippen LogP contribution < -0.4 is 0 Å². The summed E-state index contributed by atoms with van der Waals surface area (Å²) in [7, 11) is -2.20. The van der Waals surface area contributed by atoms with Crippen molar-refractivity contribution in [2.24, 2.45) is 5.92 Å². The molecule has 3 unspecified atom stereocenters. The van der Waals surface area contributed by atoms with Crippen LogP contribution in [-0.4, -0.2) is 82.0 Å². The van der Waals surface area contributed by atoms with Gasteiger partial charge >= 0.3 is 23.8 Å². The summed E-state index contributed by atoms with van der Waals surface area (Å²) in [5, 5.41) is 11.1. The number of esters is 2. The fourth-order valence-corrected chi connectivity index (χ4v) is 8.28. The zero-order valence-electron chi connectivity index (χ0n) is 29.9. The van der Waals surface area contributed by atoms with Gasteiger partial charge in [0.2, 0.25) is 9.70 Å². The number of hydrogen-bond donors (Lipinski definition) is 1. The lowest BCUT2D eigenvalue weighted by molar-refractivity contribution is -0.226. The summed E-state index contributed by atoms with van der Waals surface area (Å²) in [4.78, 5) is 56.0. The summed E-state index contributed by atoms with van der Waals surface area (Å²) in [5.41, 5.74) is -1.64. The number of likely N-dealkylation sites (tertiary alicyclic amines) is 1. The Hall–Kier alpha value is -3.52. The Morgan fingerprint density at radius 1 is 0.849 bits per heavy atom. The number of ether oxygens (including phenoxy) is 4. The van der Waals surface area contributed by atoms with Crippen molar-refractivity contribution in [3.05, 3.63) is 120 Å². The van der Waals surface area contributed by atoms with Crippen molar-refractivity contribution in [2.45, 2.75) is 65.0 Å². The Bertz CT molecular complexity index is 1660. The summed E-state index contributed by atoms with van der Waals surface area (Å²) in [6.45, 7) is 11.5. The molecule has 1 fully saturated rings. The second-order valence-corrected chi connectivity index (χ2v) is 22.9. The van der Waals surface area contributed by atoms with Gasteiger partial charge in [-0.3, -0.25) is 9.69 Å². The van der Waals surface area contributed by atoms with Crippen molar-refractivity contribution in [3.8, 4) is 0 Å². The average molecular weight is 823 g/mol. The Labute approximate surface area is 329 Å². The van der Waals surface area contributed by atoms with Crippen LogP contribution in [-0.2, 0) is 38.1 Å². The fraction of sp³-hybridized carbons (Fsp3) is 0.368. The van der Waals surface area contributed by atoms with Crippen LogP contribution >= 0.6 is 46.6 Å². The van der Waals surface area contributed by atoms with E-state index in [2.05, 4.69) is 6.58 Å². The van der Waals surface area contributed by atoms with E-state index in [-0.39, 0.29) is 6.61 Å². The van der Waals surface area contributed by atoms with E-state index >= 15 is 0 Å². The number of halogens is 3. The molecule has 3 aromatic carbocycles. The van der Waals surface area contributed by atoms with Crippen LogP contribution in [0.5, 0.6) is 0 Å². The van der Waals surface area contributed by atoms with Crippen LogP contribution in [0.3, 0.4) is 0 Å². The summed E-state index contributed by atoms with van der Waals surface area (Å²) in [6, 6.07) is 28.2. The highest BCUT2D eigenvalue weighted by Crippen LogP contribution is 2.56. The highest BCUT2D eigenvalue weighted by molar-refractivity contribution is 8.01. The van der Waals surface area contributed by atoms with Gasteiger partial charge in [0, 0.05) is 0 Å². The van der Waals surface area contributed by atoms with Gasteiger partial charge in [-0.25, -0.2) is 14.4 Å². The third kappa shape index (κ3) is 9.41. The smallest absolute Gasteiger partial charge is 0.463 e. The molecule has 10 nitrogen and oxygen atoms in total. The molecule has 5 atom stereocenters. The summed E-state index contributed by atoms with van der Waals surface area (Å²) < 4.78 is 18.4. The topological polar surface area (TPSA) is 129 Å². The monoisotopic (exact) mass is 821 g/mol. The minimum absolute atomic E-state index is 0.377. The largest absolute Gasteiger partial charge is 0.508 e. The number of amides is 1. The molecule has 1 amide bonds. The van der Waals surface area contributed by atoms with E-state index in [1.807, 2.05) is 111 Å². The van der Waals surface area contributed by atoms with Gasteiger partial charge in [0.1, 0.15) is 25.2 Å². The van der Waals surface area contributed by atoms with Crippen LogP contribution in [0.25, 0.3) is 0 Å². The van der Waals surface area contributed by atoms with Gasteiger partial charge in [0.15, 0.2) is 0 Å². The van der Waals surface area contributed by atoms with Gasteiger partial charge in [-0.1, -0.05) is 158 Å². The standard InChI is InChI=1S/C38H42Cl3NO9SSi/c1-7-23-48-33(44)38(47,34(45)51-26(3)53(4,5)6)42-31(43)30(25(2)50-35(46)49-24-36(39,40)41)32(42)52-37(27-17-11-8-12-18-27,28-19-13-9-14-20-28)29-21-15-10-16-22-29/h7-22,25-26,30,32,47H,1,23-24H2,2-6H3/t25?,26?,30-,32+,38?/m0/s1. The summed E-state index contributed by atoms with van der Waals surface area (Å²) in [5.74, 6) is -4.98. The van der Waals surface area contributed by atoms with Crippen molar-refractivity contribution in [3.63, 3.8) is 0 Å². The predicted octanol–water partition coefficient (Wildman–Crippen LogP) is 7.64. The molecule has 0 saturated carbocycles. The molecule has 15 heteroatoms. The van der Waals surface area contributed by atoms with Gasteiger partial charge in [0.05, 0.1) is 23.9 Å². The van der Waals surface area contributed by atoms with Gasteiger partial charge < -0.3 is 24.1 Å². The zero-order chi connectivity index (χ0) is 39.2. The molecule has 1 saturated heterocycles. The van der Waals surface area contributed by atoms with Crippen molar-refractivity contribution in [2.75, 3.05) is 13.2 Å². The maximum Gasteiger partial charge on any atom is 0.508 e. The first kappa shape index (κ1) is 42.2. The normalized spacial score (nSPS) is 18.4. The number of hydrogen-bond acceptors (Lipinski definition) is 10. The molecule has 0 radical (unpaired) electrons. The first-order valence-electron chi connectivity index (χ1n) is 16.7. The average Bonchev–Trinajstić information content (AvgIpc) is 3.11. The minimum atomic E-state index is -3.26. The maximum atomic E-state index is 14.4. The summed E-state index contributed by atoms with van der Waals surface area (Å²) in [6.07, 6.45) is -1.22. The quantitative estimate of drug-likeness (QED) is 0.0239. The lowest BCUT2D eigenvalue weighted by Crippen LogP contribution is -2.76. The Balaban J connectivity index is 1.94. The number of carbonyl (C=O) groups is 4. The number of carbonyl (C=O) groups excluding carboxylic acids is 4. The van der Waals surface area contributed by atoms with Crippen molar-refractivity contribution < 1.29 is 43.2 Å². The number of nitrogens with zero attached hydrogens (tertiary/aromatic N) is 1. The molecule has 0 bridgehead atoms. The number of aliphatic hydroxyl groups is 1. The van der Waals surface area contributed by atoms with Gasteiger partial charge in [-0.05, 0) is 30.5 Å². The lowest BCUT2D eigenvalue weighted by Gasteiger charge is -2.55. The van der Waals surface area contributed by atoms with E-state index in [4.69, 9.17) is 53.8 Å². The van der Waals surface area contributed by atoms with E-state index in [0.29, 0.717) is 0 Å². The van der Waals surface area contributed by atoms with E-state index in [1.54, 1.807) is 6.92 Å². The number of β-lactam (4-membered cyclic amide) rings is 1. The Morgan fingerprint density at radius 3 is 1.74 bits per heavy atom. The van der Waals surface area contributed by atoms with Gasteiger partial charge in [-0.2, -0.15) is 0 Å². The van der Waals surface area contributed by atoms with E-state index in [1.165, 1.54) is 13.0 Å². The fourth-order valence-electron chi connectivity index (χ4n) is 5.63. The molecular formula is C38H42Cl3NO9SSi. The number of alkyl halides is 3. The predicted molar refractivity (Wildman–Crippen MR) is 208 cm³/mol. The number of benzene rings is 3. The second kappa shape index (κ2) is 17.3. The Morgan fingerprint density at radius 2 is 1.32 bits per heavy atom. The number of thioether (sulfide) groups is 1. The van der Waals surface area contributed by atoms with Crippen molar-refractivity contribution in [1.29, 1.82) is 0 Å². The molecule has 3 aromatic rings. The highest BCUT2D eigenvalue weighted by atomic mass is 35.6. The zero-order valence-corrected chi connectivity index (χ0v) is 34.0. The molecule has 0 spiro atoms. The Kier molecular flexibility index (Phi) is 13.8. The third-order valence-corrected chi connectivity index (χ3v) is 13.5. The van der Waals surface area contributed by atoms with Crippen molar-refractivity contribution in [1.82, 2.24) is 4.90 Å². The summed E-state index contributed by atoms with van der Waals surface area (Å²) >= 11 is 18.4. The first-order chi connectivity index (χ1) is 24.9. The molecule has 0 aromatic heterocycles. The lowest BCUT2D eigenvalue weighted by atomic mass is 9.84.